The fourth-order valence-corrected chi connectivity index (χ4v) is 1.16. The normalized spacial score (nSPS) is 10.6. The number of aromatic nitrogens is 2. The fourth-order valence-electron chi connectivity index (χ4n) is 1.16. The molecule has 0 aliphatic rings. The van der Waals surface area contributed by atoms with Gasteiger partial charge < -0.3 is 14.0 Å². The summed E-state index contributed by atoms with van der Waals surface area (Å²) in [4.78, 5) is 3.98. The number of ether oxygens (including phenoxy) is 2. The quantitative estimate of drug-likeness (QED) is 0.591. The van der Waals surface area contributed by atoms with Gasteiger partial charge in [-0.2, -0.15) is 0 Å². The van der Waals surface area contributed by atoms with Crippen LogP contribution in [-0.2, 0) is 16.0 Å². The topological polar surface area (TPSA) is 36.3 Å². The van der Waals surface area contributed by atoms with E-state index in [0.29, 0.717) is 13.2 Å². The molecule has 1 heterocycles. The Kier molecular flexibility index (Phi) is 6.02. The Hall–Kier alpha value is -0.870. The molecule has 80 valence electrons. The summed E-state index contributed by atoms with van der Waals surface area (Å²) in [5, 5.41) is 0. The Labute approximate surface area is 84.9 Å². The van der Waals surface area contributed by atoms with Crippen LogP contribution in [-0.4, -0.2) is 36.5 Å². The summed E-state index contributed by atoms with van der Waals surface area (Å²) >= 11 is 0. The molecule has 0 aromatic carbocycles. The molecule has 0 fully saturated rings. The molecule has 1 rings (SSSR count). The molecule has 0 radical (unpaired) electrons. The van der Waals surface area contributed by atoms with Crippen molar-refractivity contribution in [3.63, 3.8) is 0 Å². The summed E-state index contributed by atoms with van der Waals surface area (Å²) in [7, 11) is 1.68. The lowest BCUT2D eigenvalue weighted by molar-refractivity contribution is 0.0684. The Morgan fingerprint density at radius 1 is 1.21 bits per heavy atom. The number of rotatable bonds is 8. The Morgan fingerprint density at radius 3 is 2.86 bits per heavy atom. The molecule has 4 nitrogen and oxygen atoms in total. The van der Waals surface area contributed by atoms with E-state index in [1.165, 1.54) is 0 Å². The zero-order chi connectivity index (χ0) is 10.1. The van der Waals surface area contributed by atoms with Gasteiger partial charge in [0.15, 0.2) is 0 Å². The second-order valence-electron chi connectivity index (χ2n) is 3.11. The van der Waals surface area contributed by atoms with Crippen molar-refractivity contribution in [2.75, 3.05) is 26.9 Å². The van der Waals surface area contributed by atoms with Crippen molar-refractivity contribution in [1.82, 2.24) is 9.55 Å². The van der Waals surface area contributed by atoms with E-state index in [1.54, 1.807) is 13.3 Å². The van der Waals surface area contributed by atoms with Gasteiger partial charge in [0.2, 0.25) is 0 Å². The number of aryl methyl sites for hydroxylation is 1. The Bertz CT molecular complexity index is 212. The van der Waals surface area contributed by atoms with Crippen LogP contribution in [0.5, 0.6) is 0 Å². The van der Waals surface area contributed by atoms with E-state index in [1.807, 2.05) is 12.5 Å². The first kappa shape index (κ1) is 11.2. The fraction of sp³-hybridized carbons (Fsp3) is 0.700. The summed E-state index contributed by atoms with van der Waals surface area (Å²) in [6.07, 6.45) is 7.83. The smallest absolute Gasteiger partial charge is 0.0945 e. The first-order valence-electron chi connectivity index (χ1n) is 4.96. The second-order valence-corrected chi connectivity index (χ2v) is 3.11. The van der Waals surface area contributed by atoms with Gasteiger partial charge in [-0.15, -0.1) is 0 Å². The number of nitrogens with zero attached hydrogens (tertiary/aromatic N) is 2. The van der Waals surface area contributed by atoms with Crippen molar-refractivity contribution in [3.05, 3.63) is 18.7 Å². The third-order valence-corrected chi connectivity index (χ3v) is 1.95. The van der Waals surface area contributed by atoms with Crippen LogP contribution in [0.3, 0.4) is 0 Å². The molecule has 0 saturated carbocycles. The third-order valence-electron chi connectivity index (χ3n) is 1.95. The maximum absolute atomic E-state index is 5.34. The monoisotopic (exact) mass is 198 g/mol. The molecular formula is C10H18N2O2. The van der Waals surface area contributed by atoms with Gasteiger partial charge >= 0.3 is 0 Å². The van der Waals surface area contributed by atoms with E-state index >= 15 is 0 Å². The summed E-state index contributed by atoms with van der Waals surface area (Å²) in [5.41, 5.74) is 0. The van der Waals surface area contributed by atoms with Crippen molar-refractivity contribution < 1.29 is 9.47 Å². The van der Waals surface area contributed by atoms with Crippen molar-refractivity contribution in [3.8, 4) is 0 Å². The van der Waals surface area contributed by atoms with Crippen LogP contribution in [0.2, 0.25) is 0 Å². The van der Waals surface area contributed by atoms with Crippen LogP contribution in [0.25, 0.3) is 0 Å². The van der Waals surface area contributed by atoms with Gasteiger partial charge in [0.25, 0.3) is 0 Å². The molecule has 0 aliphatic carbocycles. The predicted octanol–water partition coefficient (Wildman–Crippen LogP) is 1.33. The van der Waals surface area contributed by atoms with Crippen LogP contribution >= 0.6 is 0 Å². The number of methoxy groups -OCH3 is 1. The molecule has 1 aromatic rings. The van der Waals surface area contributed by atoms with Gasteiger partial charge in [-0.3, -0.25) is 0 Å². The zero-order valence-corrected chi connectivity index (χ0v) is 8.69. The number of imidazole rings is 1. The van der Waals surface area contributed by atoms with E-state index in [9.17, 15) is 0 Å². The maximum Gasteiger partial charge on any atom is 0.0945 e. The van der Waals surface area contributed by atoms with Crippen molar-refractivity contribution in [2.24, 2.45) is 0 Å². The number of unbranched alkanes of at least 4 members (excludes halogenated alkanes) is 1. The van der Waals surface area contributed by atoms with Crippen molar-refractivity contribution in [2.45, 2.75) is 19.4 Å². The molecule has 0 saturated heterocycles. The number of hydrogen-bond acceptors (Lipinski definition) is 3. The molecular weight excluding hydrogens is 180 g/mol. The van der Waals surface area contributed by atoms with Crippen LogP contribution in [0, 0.1) is 0 Å². The first-order valence-corrected chi connectivity index (χ1v) is 4.96. The summed E-state index contributed by atoms with van der Waals surface area (Å²) in [6.45, 7) is 3.22. The Balaban J connectivity index is 1.85. The average molecular weight is 198 g/mol. The molecule has 0 aliphatic heterocycles. The molecule has 1 aromatic heterocycles. The van der Waals surface area contributed by atoms with E-state index in [0.717, 1.165) is 26.0 Å². The first-order chi connectivity index (χ1) is 6.93. The lowest BCUT2D eigenvalue weighted by Crippen LogP contribution is -2.04. The largest absolute Gasteiger partial charge is 0.382 e. The van der Waals surface area contributed by atoms with Crippen molar-refractivity contribution >= 4 is 0 Å². The van der Waals surface area contributed by atoms with E-state index < -0.39 is 0 Å². The maximum atomic E-state index is 5.34. The van der Waals surface area contributed by atoms with Gasteiger partial charge in [0, 0.05) is 32.7 Å². The summed E-state index contributed by atoms with van der Waals surface area (Å²) < 4.78 is 12.3. The molecule has 0 bridgehead atoms. The molecule has 0 spiro atoms. The molecule has 14 heavy (non-hydrogen) atoms. The standard InChI is InChI=1S/C10H18N2O2/c1-13-8-9-14-7-3-2-5-12-6-4-11-10-12/h4,6,10H,2-3,5,7-9H2,1H3. The molecule has 0 N–H and O–H groups in total. The average Bonchev–Trinajstić information content (AvgIpc) is 2.69. The molecule has 0 unspecified atom stereocenters. The van der Waals surface area contributed by atoms with E-state index in [2.05, 4.69) is 9.55 Å². The van der Waals surface area contributed by atoms with Crippen LogP contribution < -0.4 is 0 Å². The minimum absolute atomic E-state index is 0.682. The van der Waals surface area contributed by atoms with Gasteiger partial charge in [-0.25, -0.2) is 4.98 Å². The molecule has 0 atom stereocenters. The lowest BCUT2D eigenvalue weighted by Gasteiger charge is -2.03. The van der Waals surface area contributed by atoms with Gasteiger partial charge in [0.05, 0.1) is 19.5 Å². The minimum Gasteiger partial charge on any atom is -0.382 e. The SMILES string of the molecule is COCCOCCCCn1ccnc1. The van der Waals surface area contributed by atoms with Crippen LogP contribution in [0.15, 0.2) is 18.7 Å². The van der Waals surface area contributed by atoms with Crippen LogP contribution in [0.1, 0.15) is 12.8 Å². The summed E-state index contributed by atoms with van der Waals surface area (Å²) in [5.74, 6) is 0. The molecule has 4 heteroatoms. The second kappa shape index (κ2) is 7.53. The van der Waals surface area contributed by atoms with Crippen LogP contribution in [0.4, 0.5) is 0 Å². The minimum atomic E-state index is 0.682. The highest BCUT2D eigenvalue weighted by atomic mass is 16.5. The highest BCUT2D eigenvalue weighted by Gasteiger charge is 1.91. The van der Waals surface area contributed by atoms with E-state index in [-0.39, 0.29) is 0 Å². The van der Waals surface area contributed by atoms with E-state index in [4.69, 9.17) is 9.47 Å². The summed E-state index contributed by atoms with van der Waals surface area (Å²) in [6, 6.07) is 0. The zero-order valence-electron chi connectivity index (χ0n) is 8.69. The van der Waals surface area contributed by atoms with Gasteiger partial charge in [0.1, 0.15) is 0 Å². The Morgan fingerprint density at radius 2 is 2.14 bits per heavy atom. The highest BCUT2D eigenvalue weighted by molar-refractivity contribution is 4.73. The highest BCUT2D eigenvalue weighted by Crippen LogP contribution is 1.95. The predicted molar refractivity (Wildman–Crippen MR) is 54.2 cm³/mol. The number of hydrogen-bond donors (Lipinski definition) is 0. The third kappa shape index (κ3) is 4.99. The lowest BCUT2D eigenvalue weighted by atomic mass is 10.3. The van der Waals surface area contributed by atoms with Crippen molar-refractivity contribution in [1.29, 1.82) is 0 Å². The molecule has 0 amide bonds. The van der Waals surface area contributed by atoms with Gasteiger partial charge in [-0.1, -0.05) is 0 Å². The van der Waals surface area contributed by atoms with Gasteiger partial charge in [-0.05, 0) is 12.8 Å².